The van der Waals surface area contributed by atoms with Crippen molar-refractivity contribution in [3.8, 4) is 40.1 Å². The Labute approximate surface area is 214 Å². The quantitative estimate of drug-likeness (QED) is 0.193. The molecular weight excluding hydrogens is 470 g/mol. The molecule has 9 heteroatoms. The van der Waals surface area contributed by atoms with Crippen molar-refractivity contribution in [1.82, 2.24) is 9.97 Å². The van der Waals surface area contributed by atoms with E-state index in [4.69, 9.17) is 30.3 Å². The van der Waals surface area contributed by atoms with E-state index in [0.717, 1.165) is 5.52 Å². The van der Waals surface area contributed by atoms with E-state index in [2.05, 4.69) is 11.1 Å². The average Bonchev–Trinajstić information content (AvgIpc) is 3.34. The summed E-state index contributed by atoms with van der Waals surface area (Å²) < 4.78 is 16.6. The Balaban J connectivity index is 2.07. The van der Waals surface area contributed by atoms with E-state index in [-0.39, 0.29) is 5.84 Å². The molecule has 4 rings (SSSR count). The third kappa shape index (κ3) is 4.45. The molecule has 0 fully saturated rings. The summed E-state index contributed by atoms with van der Waals surface area (Å²) in [6.45, 7) is 3.55. The summed E-state index contributed by atoms with van der Waals surface area (Å²) in [7, 11) is 4.44. The van der Waals surface area contributed by atoms with Crippen molar-refractivity contribution in [3.63, 3.8) is 0 Å². The Morgan fingerprint density at radius 2 is 1.76 bits per heavy atom. The highest BCUT2D eigenvalue weighted by atomic mass is 16.5. The van der Waals surface area contributed by atoms with Gasteiger partial charge in [0.2, 0.25) is 0 Å². The van der Waals surface area contributed by atoms with Crippen LogP contribution in [0.1, 0.15) is 30.5 Å². The summed E-state index contributed by atoms with van der Waals surface area (Å²) in [6, 6.07) is 16.2. The molecule has 9 nitrogen and oxygen atoms in total. The van der Waals surface area contributed by atoms with Gasteiger partial charge in [0.05, 0.1) is 55.0 Å². The van der Waals surface area contributed by atoms with Crippen LogP contribution < -0.4 is 15.2 Å². The zero-order chi connectivity index (χ0) is 26.9. The normalized spacial score (nSPS) is 11.1. The molecule has 0 aliphatic carbocycles. The van der Waals surface area contributed by atoms with E-state index in [0.29, 0.717) is 56.2 Å². The molecule has 0 atom stereocenters. The summed E-state index contributed by atoms with van der Waals surface area (Å²) in [5, 5.41) is 17.3. The van der Waals surface area contributed by atoms with Gasteiger partial charge in [-0.05, 0) is 67.9 Å². The third-order valence-electron chi connectivity index (χ3n) is 6.38. The Hall–Kier alpha value is -4.84. The lowest BCUT2D eigenvalue weighted by Crippen LogP contribution is -2.30. The van der Waals surface area contributed by atoms with Crippen LogP contribution >= 0.6 is 0 Å². The molecule has 3 aromatic carbocycles. The van der Waals surface area contributed by atoms with E-state index in [1.165, 1.54) is 7.11 Å². The standard InChI is InChI=1S/C28H27N5O4/c1-28(2,27(34)37-5)17-12-19(18-10-15(14-29)6-9-23(18)35-3)24(36-4)20(13-17)26-32-21-8-7-16(25(30)31)11-22(21)33-26/h6-13H,1-5H3,(H3,30,31)(H,32,33). The van der Waals surface area contributed by atoms with E-state index in [9.17, 15) is 10.1 Å². The fraction of sp³-hybridized carbons (Fsp3) is 0.214. The van der Waals surface area contributed by atoms with Crippen LogP contribution in [0.15, 0.2) is 48.5 Å². The first-order chi connectivity index (χ1) is 17.6. The molecule has 0 aliphatic heterocycles. The number of hydrogen-bond acceptors (Lipinski definition) is 7. The highest BCUT2D eigenvalue weighted by Crippen LogP contribution is 2.45. The minimum absolute atomic E-state index is 0.0578. The number of nitrogens with zero attached hydrogens (tertiary/aromatic N) is 2. The number of methoxy groups -OCH3 is 3. The number of amidine groups is 1. The van der Waals surface area contributed by atoms with Crippen molar-refractivity contribution in [1.29, 1.82) is 10.7 Å². The number of rotatable bonds is 7. The third-order valence-corrected chi connectivity index (χ3v) is 6.38. The lowest BCUT2D eigenvalue weighted by atomic mass is 9.81. The number of nitriles is 1. The molecule has 188 valence electrons. The van der Waals surface area contributed by atoms with Crippen molar-refractivity contribution in [2.75, 3.05) is 21.3 Å². The summed E-state index contributed by atoms with van der Waals surface area (Å²) in [5.41, 5.74) is 9.48. The lowest BCUT2D eigenvalue weighted by molar-refractivity contribution is -0.146. The Morgan fingerprint density at radius 1 is 1.03 bits per heavy atom. The number of nitrogens with one attached hydrogen (secondary N) is 2. The topological polar surface area (TPSA) is 147 Å². The molecule has 4 N–H and O–H groups in total. The van der Waals surface area contributed by atoms with Crippen LogP contribution in [-0.2, 0) is 14.9 Å². The van der Waals surface area contributed by atoms with Crippen LogP contribution in [0.25, 0.3) is 33.5 Å². The van der Waals surface area contributed by atoms with Gasteiger partial charge in [0.15, 0.2) is 0 Å². The van der Waals surface area contributed by atoms with Crippen molar-refractivity contribution < 1.29 is 19.0 Å². The van der Waals surface area contributed by atoms with Gasteiger partial charge < -0.3 is 24.9 Å². The number of aromatic nitrogens is 2. The second-order valence-corrected chi connectivity index (χ2v) is 8.98. The van der Waals surface area contributed by atoms with Crippen molar-refractivity contribution in [3.05, 3.63) is 65.2 Å². The van der Waals surface area contributed by atoms with Crippen molar-refractivity contribution in [2.24, 2.45) is 5.73 Å². The predicted octanol–water partition coefficient (Wildman–Crippen LogP) is 4.52. The van der Waals surface area contributed by atoms with E-state index >= 15 is 0 Å². The number of nitrogens with two attached hydrogens (primary N) is 1. The van der Waals surface area contributed by atoms with Gasteiger partial charge in [-0.1, -0.05) is 0 Å². The lowest BCUT2D eigenvalue weighted by Gasteiger charge is -2.25. The summed E-state index contributed by atoms with van der Waals surface area (Å²) >= 11 is 0. The number of carbonyl (C=O) groups excluding carboxylic acids is 1. The van der Waals surface area contributed by atoms with Gasteiger partial charge in [0, 0.05) is 16.7 Å². The van der Waals surface area contributed by atoms with Gasteiger partial charge in [0.25, 0.3) is 0 Å². The number of esters is 1. The number of aromatic amines is 1. The zero-order valence-electron chi connectivity index (χ0n) is 21.2. The molecule has 0 radical (unpaired) electrons. The first-order valence-corrected chi connectivity index (χ1v) is 11.4. The van der Waals surface area contributed by atoms with Gasteiger partial charge >= 0.3 is 5.97 Å². The number of ether oxygens (including phenoxy) is 3. The number of benzene rings is 3. The largest absolute Gasteiger partial charge is 0.496 e. The van der Waals surface area contributed by atoms with Crippen LogP contribution in [0.5, 0.6) is 11.5 Å². The van der Waals surface area contributed by atoms with E-state index in [1.807, 2.05) is 12.1 Å². The van der Waals surface area contributed by atoms with Crippen LogP contribution in [0.4, 0.5) is 0 Å². The summed E-state index contributed by atoms with van der Waals surface area (Å²) in [6.07, 6.45) is 0. The minimum atomic E-state index is -1.02. The molecule has 0 saturated heterocycles. The first-order valence-electron chi connectivity index (χ1n) is 11.4. The van der Waals surface area contributed by atoms with Crippen molar-refractivity contribution in [2.45, 2.75) is 19.3 Å². The predicted molar refractivity (Wildman–Crippen MR) is 141 cm³/mol. The minimum Gasteiger partial charge on any atom is -0.496 e. The van der Waals surface area contributed by atoms with Crippen LogP contribution in [0, 0.1) is 16.7 Å². The molecule has 0 aliphatic rings. The molecule has 0 unspecified atom stereocenters. The Bertz CT molecular complexity index is 1580. The average molecular weight is 498 g/mol. The molecule has 1 heterocycles. The monoisotopic (exact) mass is 497 g/mol. The fourth-order valence-corrected chi connectivity index (χ4v) is 4.25. The highest BCUT2D eigenvalue weighted by molar-refractivity contribution is 5.98. The van der Waals surface area contributed by atoms with E-state index < -0.39 is 11.4 Å². The van der Waals surface area contributed by atoms with Crippen molar-refractivity contribution >= 4 is 22.8 Å². The molecule has 0 amide bonds. The Kier molecular flexibility index (Phi) is 6.60. The molecule has 0 saturated carbocycles. The number of H-pyrrole nitrogens is 1. The maximum absolute atomic E-state index is 12.8. The molecule has 4 aromatic rings. The number of hydrogen-bond donors (Lipinski definition) is 3. The van der Waals surface area contributed by atoms with Gasteiger partial charge in [0.1, 0.15) is 23.2 Å². The summed E-state index contributed by atoms with van der Waals surface area (Å²) in [5.74, 6) is 1.03. The fourth-order valence-electron chi connectivity index (χ4n) is 4.25. The molecular formula is C28H27N5O4. The molecule has 0 bridgehead atoms. The zero-order valence-corrected chi connectivity index (χ0v) is 21.2. The number of nitrogen functional groups attached to an aromatic ring is 1. The summed E-state index contributed by atoms with van der Waals surface area (Å²) in [4.78, 5) is 20.8. The Morgan fingerprint density at radius 3 is 2.38 bits per heavy atom. The maximum atomic E-state index is 12.8. The van der Waals surface area contributed by atoms with Gasteiger partial charge in [-0.15, -0.1) is 0 Å². The molecule has 37 heavy (non-hydrogen) atoms. The molecule has 1 aromatic heterocycles. The van der Waals surface area contributed by atoms with Crippen LogP contribution in [0.2, 0.25) is 0 Å². The van der Waals surface area contributed by atoms with Crippen LogP contribution in [0.3, 0.4) is 0 Å². The van der Waals surface area contributed by atoms with Gasteiger partial charge in [-0.3, -0.25) is 10.2 Å². The highest BCUT2D eigenvalue weighted by Gasteiger charge is 2.33. The number of fused-ring (bicyclic) bond motifs is 1. The van der Waals surface area contributed by atoms with Gasteiger partial charge in [-0.2, -0.15) is 5.26 Å². The number of imidazole rings is 1. The number of carbonyl (C=O) groups is 1. The second-order valence-electron chi connectivity index (χ2n) is 8.98. The van der Waals surface area contributed by atoms with Crippen LogP contribution in [-0.4, -0.2) is 43.1 Å². The first kappa shape index (κ1) is 25.3. The van der Waals surface area contributed by atoms with E-state index in [1.54, 1.807) is 64.5 Å². The SMILES string of the molecule is COC(=O)C(C)(C)c1cc(-c2nc3cc(C(=N)N)ccc3[nH]2)c(OC)c(-c2cc(C#N)ccc2OC)c1. The maximum Gasteiger partial charge on any atom is 0.315 e. The molecule has 0 spiro atoms. The smallest absolute Gasteiger partial charge is 0.315 e. The second kappa shape index (κ2) is 9.66. The van der Waals surface area contributed by atoms with Gasteiger partial charge in [-0.25, -0.2) is 4.98 Å².